The third-order valence-electron chi connectivity index (χ3n) is 11.3. The second-order valence-electron chi connectivity index (χ2n) is 14.1. The molecular formula is C37H35F3N6O3. The van der Waals surface area contributed by atoms with Gasteiger partial charge in [0.15, 0.2) is 17.3 Å². The predicted octanol–water partition coefficient (Wildman–Crippen LogP) is 6.10. The molecular weight excluding hydrogens is 633 g/mol. The zero-order valence-corrected chi connectivity index (χ0v) is 27.3. The SMILES string of the molecule is C#Cc1c(F)ccc2cc(O)cc(-c3c(F)c4nc(OC[C@@]56CCCN5C[C@H](F)C6)nc(N5C[C@H]6CC[C@@H](C5)N6C)c4c4oc(C)nc34)c12. The van der Waals surface area contributed by atoms with E-state index in [2.05, 4.69) is 37.6 Å². The van der Waals surface area contributed by atoms with E-state index < -0.39 is 23.3 Å². The Morgan fingerprint density at radius 3 is 2.65 bits per heavy atom. The smallest absolute Gasteiger partial charge is 0.319 e. The molecule has 9 nitrogen and oxygen atoms in total. The molecule has 4 saturated heterocycles. The van der Waals surface area contributed by atoms with E-state index in [0.29, 0.717) is 54.7 Å². The first kappa shape index (κ1) is 30.5. The summed E-state index contributed by atoms with van der Waals surface area (Å²) in [7, 11) is 2.13. The van der Waals surface area contributed by atoms with Gasteiger partial charge in [0.05, 0.1) is 22.1 Å². The highest BCUT2D eigenvalue weighted by atomic mass is 19.1. The molecule has 2 bridgehead atoms. The third-order valence-corrected chi connectivity index (χ3v) is 11.3. The van der Waals surface area contributed by atoms with Crippen LogP contribution in [0.3, 0.4) is 0 Å². The number of anilines is 1. The van der Waals surface area contributed by atoms with Crippen molar-refractivity contribution in [2.45, 2.75) is 62.8 Å². The first-order valence-electron chi connectivity index (χ1n) is 16.9. The first-order valence-corrected chi connectivity index (χ1v) is 16.9. The molecule has 4 fully saturated rings. The Bertz CT molecular complexity index is 2220. The normalized spacial score (nSPS) is 25.6. The number of halogens is 3. The van der Waals surface area contributed by atoms with Crippen molar-refractivity contribution in [1.29, 1.82) is 0 Å². The molecule has 4 aliphatic heterocycles. The standard InChI is InChI=1S/C37H35F3N6O3/c1-4-25-27(39)9-6-20-12-24(47)13-26(28(20)25)29-31(40)32-30(34-33(29)41-19(2)49-34)35(45-16-22-7-8-23(17-45)44(22)3)43-36(42-32)48-18-37-10-5-11-46(37)15-21(38)14-37/h1,6,9,12-13,21-23,47H,5,7-8,10-11,14-18H2,2-3H3/t21-,22-,23+,37+/m1/s1. The van der Waals surface area contributed by atoms with Crippen molar-refractivity contribution in [3.63, 3.8) is 0 Å². The molecule has 4 aliphatic rings. The van der Waals surface area contributed by atoms with Crippen molar-refractivity contribution >= 4 is 38.6 Å². The van der Waals surface area contributed by atoms with Crippen molar-refractivity contribution in [3.05, 3.63) is 47.4 Å². The molecule has 6 heterocycles. The molecule has 4 atom stereocenters. The number of fused-ring (bicyclic) bond motifs is 7. The van der Waals surface area contributed by atoms with E-state index in [4.69, 9.17) is 20.6 Å². The molecule has 0 radical (unpaired) electrons. The number of aromatic hydroxyl groups is 1. The van der Waals surface area contributed by atoms with Gasteiger partial charge < -0.3 is 19.2 Å². The third kappa shape index (κ3) is 4.58. The summed E-state index contributed by atoms with van der Waals surface area (Å²) in [6.45, 7) is 4.35. The van der Waals surface area contributed by atoms with Gasteiger partial charge in [-0.2, -0.15) is 9.97 Å². The van der Waals surface area contributed by atoms with Gasteiger partial charge in [-0.3, -0.25) is 9.80 Å². The average Bonchev–Trinajstić information content (AvgIpc) is 3.77. The number of piperazine rings is 1. The Balaban J connectivity index is 1.29. The zero-order valence-electron chi connectivity index (χ0n) is 27.3. The van der Waals surface area contributed by atoms with Gasteiger partial charge >= 0.3 is 6.01 Å². The van der Waals surface area contributed by atoms with Crippen molar-refractivity contribution in [1.82, 2.24) is 24.8 Å². The maximum Gasteiger partial charge on any atom is 0.319 e. The van der Waals surface area contributed by atoms with Crippen molar-refractivity contribution in [2.24, 2.45) is 0 Å². The van der Waals surface area contributed by atoms with Crippen molar-refractivity contribution in [2.75, 3.05) is 44.7 Å². The van der Waals surface area contributed by atoms with Crippen molar-refractivity contribution in [3.8, 4) is 35.2 Å². The van der Waals surface area contributed by atoms with Crippen LogP contribution in [0.1, 0.15) is 43.6 Å². The van der Waals surface area contributed by atoms with E-state index >= 15 is 8.78 Å². The fourth-order valence-electron chi connectivity index (χ4n) is 9.02. The van der Waals surface area contributed by atoms with E-state index in [0.717, 1.165) is 32.2 Å². The number of phenolic OH excluding ortho intramolecular Hbond substituents is 1. The van der Waals surface area contributed by atoms with Crippen LogP contribution in [0.25, 0.3) is 43.9 Å². The topological polar surface area (TPSA) is 91.0 Å². The van der Waals surface area contributed by atoms with Gasteiger partial charge in [0.1, 0.15) is 41.2 Å². The molecule has 0 aliphatic carbocycles. The Hall–Kier alpha value is -4.60. The Morgan fingerprint density at radius 1 is 1.08 bits per heavy atom. The van der Waals surface area contributed by atoms with Gasteiger partial charge in [-0.1, -0.05) is 12.0 Å². The maximum atomic E-state index is 17.5. The van der Waals surface area contributed by atoms with Crippen LogP contribution in [0.5, 0.6) is 11.8 Å². The maximum absolute atomic E-state index is 17.5. The van der Waals surface area contributed by atoms with E-state index in [9.17, 15) is 9.50 Å². The van der Waals surface area contributed by atoms with Crippen LogP contribution in [-0.2, 0) is 0 Å². The van der Waals surface area contributed by atoms with Crippen LogP contribution in [0.2, 0.25) is 0 Å². The van der Waals surface area contributed by atoms with Crippen LogP contribution in [0.15, 0.2) is 28.7 Å². The van der Waals surface area contributed by atoms with Crippen LogP contribution >= 0.6 is 0 Å². The molecule has 0 saturated carbocycles. The quantitative estimate of drug-likeness (QED) is 0.223. The summed E-state index contributed by atoms with van der Waals surface area (Å²) in [5, 5.41) is 11.8. The van der Waals surface area contributed by atoms with Gasteiger partial charge in [0.25, 0.3) is 0 Å². The molecule has 2 aromatic heterocycles. The number of rotatable bonds is 5. The van der Waals surface area contributed by atoms with E-state index in [1.165, 1.54) is 24.3 Å². The van der Waals surface area contributed by atoms with Crippen LogP contribution in [0, 0.1) is 30.9 Å². The summed E-state index contributed by atoms with van der Waals surface area (Å²) in [6.07, 6.45) is 9.04. The fourth-order valence-corrected chi connectivity index (χ4v) is 9.02. The molecule has 0 unspecified atom stereocenters. The number of terminal acetylenes is 1. The first-order chi connectivity index (χ1) is 23.6. The lowest BCUT2D eigenvalue weighted by Gasteiger charge is -2.39. The summed E-state index contributed by atoms with van der Waals surface area (Å²) >= 11 is 0. The van der Waals surface area contributed by atoms with E-state index in [-0.39, 0.29) is 63.0 Å². The zero-order chi connectivity index (χ0) is 33.8. The largest absolute Gasteiger partial charge is 0.508 e. The summed E-state index contributed by atoms with van der Waals surface area (Å²) in [5.74, 6) is 1.60. The minimum Gasteiger partial charge on any atom is -0.508 e. The summed E-state index contributed by atoms with van der Waals surface area (Å²) in [6, 6.07) is 6.10. The number of benzene rings is 3. The van der Waals surface area contributed by atoms with E-state index in [1.807, 2.05) is 0 Å². The number of hydrogen-bond donors (Lipinski definition) is 1. The van der Waals surface area contributed by atoms with Gasteiger partial charge in [0, 0.05) is 50.4 Å². The fraction of sp³-hybridized carbons (Fsp3) is 0.432. The highest BCUT2D eigenvalue weighted by Gasteiger charge is 2.49. The number of aryl methyl sites for hydroxylation is 1. The van der Waals surface area contributed by atoms with Gasteiger partial charge in [-0.15, -0.1) is 6.42 Å². The summed E-state index contributed by atoms with van der Waals surface area (Å²) < 4.78 is 59.8. The van der Waals surface area contributed by atoms with Gasteiger partial charge in [-0.05, 0) is 68.4 Å². The number of oxazole rings is 1. The Morgan fingerprint density at radius 2 is 1.88 bits per heavy atom. The van der Waals surface area contributed by atoms with Gasteiger partial charge in [0.2, 0.25) is 0 Å². The minimum atomic E-state index is -0.935. The van der Waals surface area contributed by atoms with Crippen LogP contribution < -0.4 is 9.64 Å². The van der Waals surface area contributed by atoms with E-state index in [1.54, 1.807) is 6.92 Å². The molecule has 12 heteroatoms. The number of aromatic nitrogens is 3. The molecule has 252 valence electrons. The molecule has 1 N–H and O–H groups in total. The summed E-state index contributed by atoms with van der Waals surface area (Å²) in [4.78, 5) is 20.9. The Labute approximate surface area is 280 Å². The number of phenols is 1. The van der Waals surface area contributed by atoms with Crippen molar-refractivity contribution < 1.29 is 27.4 Å². The lowest BCUT2D eigenvalue weighted by atomic mass is 9.92. The van der Waals surface area contributed by atoms with Crippen LogP contribution in [0.4, 0.5) is 19.0 Å². The number of nitrogens with zero attached hydrogens (tertiary/aromatic N) is 6. The second kappa shape index (κ2) is 11.0. The number of alkyl halides is 1. The van der Waals surface area contributed by atoms with Gasteiger partial charge in [-0.25, -0.2) is 18.2 Å². The average molecular weight is 669 g/mol. The monoisotopic (exact) mass is 668 g/mol. The molecule has 49 heavy (non-hydrogen) atoms. The minimum absolute atomic E-state index is 0.0196. The second-order valence-corrected chi connectivity index (χ2v) is 14.1. The highest BCUT2D eigenvalue weighted by molar-refractivity contribution is 6.16. The number of likely N-dealkylation sites (N-methyl/N-ethyl adjacent to an activating group) is 1. The van der Waals surface area contributed by atoms with Crippen LogP contribution in [-0.4, -0.2) is 93.5 Å². The highest BCUT2D eigenvalue weighted by Crippen LogP contribution is 2.46. The predicted molar refractivity (Wildman–Crippen MR) is 180 cm³/mol. The number of hydrogen-bond acceptors (Lipinski definition) is 9. The molecule has 3 aromatic carbocycles. The molecule has 0 amide bonds. The lowest BCUT2D eigenvalue weighted by Crippen LogP contribution is -2.52. The molecule has 5 aromatic rings. The lowest BCUT2D eigenvalue weighted by molar-refractivity contribution is 0.107. The molecule has 9 rings (SSSR count). The Kier molecular flexibility index (Phi) is 6.81. The molecule has 0 spiro atoms. The summed E-state index contributed by atoms with van der Waals surface area (Å²) in [5.41, 5.74) is -0.0222. The number of ether oxygens (including phenoxy) is 1.